The molecule has 0 fully saturated rings. The number of benzene rings is 5. The van der Waals surface area contributed by atoms with Crippen molar-refractivity contribution in [1.29, 1.82) is 0 Å². The van der Waals surface area contributed by atoms with Gasteiger partial charge in [0.25, 0.3) is 0 Å². The second-order valence-electron chi connectivity index (χ2n) is 15.3. The van der Waals surface area contributed by atoms with Crippen LogP contribution >= 0.6 is 0 Å². The zero-order valence-electron chi connectivity index (χ0n) is 33.5. The first-order valence-corrected chi connectivity index (χ1v) is 20.0. The Morgan fingerprint density at radius 2 is 1.54 bits per heavy atom. The number of para-hydroxylation sites is 2. The van der Waals surface area contributed by atoms with Gasteiger partial charge in [-0.15, -0.1) is 0 Å². The van der Waals surface area contributed by atoms with E-state index in [9.17, 15) is 0 Å². The van der Waals surface area contributed by atoms with Crippen LogP contribution in [0.1, 0.15) is 80.6 Å². The van der Waals surface area contributed by atoms with Crippen molar-refractivity contribution in [3.8, 4) is 11.1 Å². The van der Waals surface area contributed by atoms with Crippen LogP contribution < -0.4 is 10.3 Å². The third-order valence-corrected chi connectivity index (χ3v) is 11.5. The van der Waals surface area contributed by atoms with Gasteiger partial charge >= 0.3 is 0 Å². The summed E-state index contributed by atoms with van der Waals surface area (Å²) in [6, 6.07) is 42.2. The topological polar surface area (TPSA) is 20.2 Å². The smallest absolute Gasteiger partial charge is 0.0707 e. The van der Waals surface area contributed by atoms with Crippen molar-refractivity contribution in [2.75, 3.05) is 10.3 Å². The average Bonchev–Trinajstić information content (AvgIpc) is 3.85. The van der Waals surface area contributed by atoms with E-state index >= 15 is 0 Å². The normalized spacial score (nSPS) is 15.1. The lowest BCUT2D eigenvalue weighted by Gasteiger charge is -2.27. The Labute approximate surface area is 333 Å². The second-order valence-corrected chi connectivity index (χ2v) is 15.3. The summed E-state index contributed by atoms with van der Waals surface area (Å²) in [5, 5.41) is 1.28. The molecule has 0 unspecified atom stereocenters. The lowest BCUT2D eigenvalue weighted by Crippen LogP contribution is -2.19. The molecule has 5 aromatic carbocycles. The van der Waals surface area contributed by atoms with Crippen LogP contribution in [0.25, 0.3) is 33.7 Å². The average molecular weight is 730 g/mol. The van der Waals surface area contributed by atoms with E-state index in [0.717, 1.165) is 35.6 Å². The van der Waals surface area contributed by atoms with Crippen molar-refractivity contribution in [3.63, 3.8) is 0 Å². The van der Waals surface area contributed by atoms with Gasteiger partial charge in [0.05, 0.1) is 16.9 Å². The molecule has 56 heavy (non-hydrogen) atoms. The molecule has 0 spiro atoms. The molecule has 1 aliphatic heterocycles. The predicted octanol–water partition coefficient (Wildman–Crippen LogP) is 13.8. The van der Waals surface area contributed by atoms with Crippen molar-refractivity contribution >= 4 is 33.9 Å². The van der Waals surface area contributed by atoms with Gasteiger partial charge < -0.3 is 4.90 Å². The Hall–Kier alpha value is -6.32. The maximum atomic E-state index is 3.93. The van der Waals surface area contributed by atoms with Crippen molar-refractivity contribution in [3.05, 3.63) is 214 Å². The number of hydrogen-bond donors (Lipinski definition) is 1. The molecule has 2 aliphatic carbocycles. The van der Waals surface area contributed by atoms with E-state index in [1.165, 1.54) is 72.3 Å². The van der Waals surface area contributed by atoms with Crippen molar-refractivity contribution < 1.29 is 0 Å². The molecule has 3 heteroatoms. The van der Waals surface area contributed by atoms with Gasteiger partial charge in [-0.3, -0.25) is 10.1 Å². The first kappa shape index (κ1) is 36.6. The molecular weight excluding hydrogens is 679 g/mol. The fourth-order valence-corrected chi connectivity index (χ4v) is 8.80. The van der Waals surface area contributed by atoms with E-state index in [-0.39, 0.29) is 5.41 Å². The third-order valence-electron chi connectivity index (χ3n) is 11.5. The van der Waals surface area contributed by atoms with E-state index in [2.05, 4.69) is 195 Å². The van der Waals surface area contributed by atoms with Gasteiger partial charge in [0.2, 0.25) is 0 Å². The van der Waals surface area contributed by atoms with Crippen LogP contribution in [0.5, 0.6) is 0 Å². The lowest BCUT2D eigenvalue weighted by atomic mass is 9.81. The number of allylic oxidation sites excluding steroid dienone is 9. The van der Waals surface area contributed by atoms with E-state index in [0.29, 0.717) is 0 Å². The zero-order valence-corrected chi connectivity index (χ0v) is 33.5. The van der Waals surface area contributed by atoms with E-state index in [1.54, 1.807) is 0 Å². The number of nitrogens with zero attached hydrogens (tertiary/aromatic N) is 2. The number of nitrogens with one attached hydrogen (secondary N) is 1. The van der Waals surface area contributed by atoms with Gasteiger partial charge in [-0.2, -0.15) is 0 Å². The minimum atomic E-state index is -0.0160. The summed E-state index contributed by atoms with van der Waals surface area (Å²) in [6.45, 7) is 17.0. The summed E-state index contributed by atoms with van der Waals surface area (Å²) in [5.41, 5.74) is 23.9. The second kappa shape index (κ2) is 15.1. The van der Waals surface area contributed by atoms with Gasteiger partial charge in [0.1, 0.15) is 0 Å². The number of anilines is 2. The molecule has 1 aromatic heterocycles. The largest absolute Gasteiger partial charge is 0.314 e. The molecule has 0 radical (unpaired) electrons. The standard InChI is InChI=1S/C51H45N3.C2H6/c1-6-7-23-48-34(2)29-39(30-35(3)53(48)40-17-9-8-10-18-40)37-26-28-50-44(33-37)43-20-15-24-49(43)54(50)52-47-22-14-11-16-38(47)31-36-25-27-42-41-19-12-13-21-45(41)51(4,5)46(42)32-36;1-2/h6-19,21-30,32-33,52H,1,20,31H2,2-5H3;1-2H3/b23-7-;. The van der Waals surface area contributed by atoms with Gasteiger partial charge in [0, 0.05) is 27.9 Å². The first-order chi connectivity index (χ1) is 27.3. The third kappa shape index (κ3) is 6.37. The van der Waals surface area contributed by atoms with Crippen molar-refractivity contribution in [1.82, 2.24) is 4.68 Å². The van der Waals surface area contributed by atoms with E-state index in [4.69, 9.17) is 0 Å². The van der Waals surface area contributed by atoms with Crippen molar-refractivity contribution in [2.45, 2.75) is 59.8 Å². The first-order valence-electron chi connectivity index (χ1n) is 20.0. The van der Waals surface area contributed by atoms with E-state index in [1.807, 2.05) is 26.0 Å². The molecule has 1 N–H and O–H groups in total. The highest BCUT2D eigenvalue weighted by molar-refractivity contribution is 5.94. The summed E-state index contributed by atoms with van der Waals surface area (Å²) < 4.78 is 2.29. The lowest BCUT2D eigenvalue weighted by molar-refractivity contribution is 0.659. The maximum absolute atomic E-state index is 3.93. The maximum Gasteiger partial charge on any atom is 0.0707 e. The highest BCUT2D eigenvalue weighted by atomic mass is 15.4. The molecule has 0 bridgehead atoms. The molecule has 3 nitrogen and oxygen atoms in total. The summed E-state index contributed by atoms with van der Waals surface area (Å²) in [7, 11) is 0. The van der Waals surface area contributed by atoms with Crippen LogP contribution in [-0.2, 0) is 18.3 Å². The van der Waals surface area contributed by atoms with Gasteiger partial charge in [-0.1, -0.05) is 137 Å². The summed E-state index contributed by atoms with van der Waals surface area (Å²) in [6.07, 6.45) is 17.0. The number of fused-ring (bicyclic) bond motifs is 6. The minimum absolute atomic E-state index is 0.0160. The highest BCUT2D eigenvalue weighted by Crippen LogP contribution is 2.49. The van der Waals surface area contributed by atoms with Crippen LogP contribution in [0.4, 0.5) is 11.4 Å². The van der Waals surface area contributed by atoms with Gasteiger partial charge in [0.15, 0.2) is 0 Å². The summed E-state index contributed by atoms with van der Waals surface area (Å²) in [4.78, 5) is 2.33. The fraction of sp³-hybridized carbons (Fsp3) is 0.170. The van der Waals surface area contributed by atoms with E-state index < -0.39 is 0 Å². The number of rotatable bonds is 8. The Morgan fingerprint density at radius 3 is 2.36 bits per heavy atom. The fourth-order valence-electron chi connectivity index (χ4n) is 8.80. The Kier molecular flexibility index (Phi) is 9.87. The Morgan fingerprint density at radius 1 is 0.786 bits per heavy atom. The van der Waals surface area contributed by atoms with Crippen molar-refractivity contribution in [2.24, 2.45) is 0 Å². The molecule has 0 atom stereocenters. The molecule has 0 saturated heterocycles. The molecule has 3 aliphatic rings. The molecule has 278 valence electrons. The van der Waals surface area contributed by atoms with Crippen LogP contribution in [0, 0.1) is 0 Å². The minimum Gasteiger partial charge on any atom is -0.314 e. The zero-order chi connectivity index (χ0) is 39.0. The van der Waals surface area contributed by atoms with Crippen LogP contribution in [-0.4, -0.2) is 4.68 Å². The monoisotopic (exact) mass is 729 g/mol. The quantitative estimate of drug-likeness (QED) is 0.157. The molecule has 2 heterocycles. The van der Waals surface area contributed by atoms with Crippen LogP contribution in [0.3, 0.4) is 0 Å². The van der Waals surface area contributed by atoms with Gasteiger partial charge in [-0.05, 0) is 137 Å². The Balaban J connectivity index is 0.00000217. The molecule has 6 aromatic rings. The number of hydrogen-bond acceptors (Lipinski definition) is 2. The molecule has 0 saturated carbocycles. The SMILES string of the molecule is C=C/C=C\C1=C(C)C=C(c2ccc3c(c2)c2c(n3Nc3ccccc3Cc3ccc4c(c3)C(C)(C)c3ccccc3-4)C=CC2)C=C(C)N1c1ccccc1.CC. The van der Waals surface area contributed by atoms with Crippen LogP contribution in [0.2, 0.25) is 0 Å². The highest BCUT2D eigenvalue weighted by Gasteiger charge is 2.35. The van der Waals surface area contributed by atoms with Crippen LogP contribution in [0.15, 0.2) is 175 Å². The molecule has 9 rings (SSSR count). The summed E-state index contributed by atoms with van der Waals surface area (Å²) in [5.74, 6) is 0. The van der Waals surface area contributed by atoms with Gasteiger partial charge in [-0.25, -0.2) is 0 Å². The Bertz CT molecular complexity index is 2640. The molecule has 0 amide bonds. The predicted molar refractivity (Wildman–Crippen MR) is 241 cm³/mol. The summed E-state index contributed by atoms with van der Waals surface area (Å²) >= 11 is 0. The molecular formula is C53H51N3. The number of aromatic nitrogens is 1.